The van der Waals surface area contributed by atoms with Gasteiger partial charge in [0.05, 0.1) is 24.9 Å². The number of hydrogen-bond acceptors (Lipinski definition) is 4. The van der Waals surface area contributed by atoms with Crippen molar-refractivity contribution in [1.29, 1.82) is 0 Å². The standard InChI is InChI=1S/C16H23N3O3/c1-18(2)15(20)19-8-4-6-16(12-19)9-14(11-21-16)22-13-5-3-7-17-10-13/h3,5,7,10,14H,4,6,8-9,11-12H2,1-2H3/t14-,16+/m1/s1. The van der Waals surface area contributed by atoms with Crippen molar-refractivity contribution in [2.45, 2.75) is 31.0 Å². The van der Waals surface area contributed by atoms with Crippen LogP contribution in [0, 0.1) is 0 Å². The highest BCUT2D eigenvalue weighted by Crippen LogP contribution is 2.36. The highest BCUT2D eigenvalue weighted by Gasteiger charge is 2.45. The molecule has 3 rings (SSSR count). The first kappa shape index (κ1) is 15.1. The molecule has 1 aromatic rings. The number of hydrogen-bond donors (Lipinski definition) is 0. The van der Waals surface area contributed by atoms with E-state index in [0.29, 0.717) is 13.2 Å². The monoisotopic (exact) mass is 305 g/mol. The van der Waals surface area contributed by atoms with Crippen molar-refractivity contribution < 1.29 is 14.3 Å². The number of rotatable bonds is 2. The summed E-state index contributed by atoms with van der Waals surface area (Å²) in [4.78, 5) is 19.7. The summed E-state index contributed by atoms with van der Waals surface area (Å²) >= 11 is 0. The van der Waals surface area contributed by atoms with Gasteiger partial charge in [0.2, 0.25) is 0 Å². The molecule has 6 heteroatoms. The molecule has 2 saturated heterocycles. The number of amides is 2. The number of nitrogens with zero attached hydrogens (tertiary/aromatic N) is 3. The van der Waals surface area contributed by atoms with Crippen molar-refractivity contribution in [1.82, 2.24) is 14.8 Å². The lowest BCUT2D eigenvalue weighted by Gasteiger charge is -2.40. The van der Waals surface area contributed by atoms with Gasteiger partial charge in [0.15, 0.2) is 0 Å². The number of urea groups is 1. The molecule has 1 aromatic heterocycles. The molecule has 2 atom stereocenters. The summed E-state index contributed by atoms with van der Waals surface area (Å²) in [5, 5.41) is 0. The molecule has 0 bridgehead atoms. The van der Waals surface area contributed by atoms with E-state index < -0.39 is 0 Å². The quantitative estimate of drug-likeness (QED) is 0.835. The molecule has 22 heavy (non-hydrogen) atoms. The molecule has 3 heterocycles. The third kappa shape index (κ3) is 3.16. The maximum absolute atomic E-state index is 12.2. The van der Waals surface area contributed by atoms with Crippen LogP contribution in [0.25, 0.3) is 0 Å². The summed E-state index contributed by atoms with van der Waals surface area (Å²) in [7, 11) is 3.57. The summed E-state index contributed by atoms with van der Waals surface area (Å²) in [6, 6.07) is 3.82. The van der Waals surface area contributed by atoms with Gasteiger partial charge < -0.3 is 19.3 Å². The Balaban J connectivity index is 1.62. The second kappa shape index (κ2) is 6.12. The molecule has 0 radical (unpaired) electrons. The Hall–Kier alpha value is -1.82. The maximum atomic E-state index is 12.2. The van der Waals surface area contributed by atoms with Gasteiger partial charge in [0.1, 0.15) is 11.9 Å². The Morgan fingerprint density at radius 2 is 2.41 bits per heavy atom. The zero-order valence-corrected chi connectivity index (χ0v) is 13.2. The SMILES string of the molecule is CN(C)C(=O)N1CCC[C@]2(C[C@@H](Oc3cccnc3)CO2)C1. The fraction of sp³-hybridized carbons (Fsp3) is 0.625. The summed E-state index contributed by atoms with van der Waals surface area (Å²) in [5.74, 6) is 0.769. The smallest absolute Gasteiger partial charge is 0.319 e. The summed E-state index contributed by atoms with van der Waals surface area (Å²) in [6.45, 7) is 2.02. The Morgan fingerprint density at radius 3 is 3.14 bits per heavy atom. The second-order valence-corrected chi connectivity index (χ2v) is 6.33. The van der Waals surface area contributed by atoms with Gasteiger partial charge in [-0.1, -0.05) is 0 Å². The molecular weight excluding hydrogens is 282 g/mol. The lowest BCUT2D eigenvalue weighted by atomic mass is 9.89. The summed E-state index contributed by atoms with van der Waals surface area (Å²) < 4.78 is 12.0. The van der Waals surface area contributed by atoms with Gasteiger partial charge in [-0.2, -0.15) is 0 Å². The number of aromatic nitrogens is 1. The minimum atomic E-state index is -0.253. The van der Waals surface area contributed by atoms with Crippen molar-refractivity contribution >= 4 is 6.03 Å². The van der Waals surface area contributed by atoms with E-state index in [4.69, 9.17) is 9.47 Å². The predicted molar refractivity (Wildman–Crippen MR) is 81.8 cm³/mol. The summed E-state index contributed by atoms with van der Waals surface area (Å²) in [6.07, 6.45) is 6.24. The van der Waals surface area contributed by atoms with Crippen LogP contribution in [0.2, 0.25) is 0 Å². The highest BCUT2D eigenvalue weighted by atomic mass is 16.6. The Morgan fingerprint density at radius 1 is 1.55 bits per heavy atom. The van der Waals surface area contributed by atoms with Crippen molar-refractivity contribution in [2.24, 2.45) is 0 Å². The fourth-order valence-corrected chi connectivity index (χ4v) is 3.32. The molecule has 0 saturated carbocycles. The van der Waals surface area contributed by atoms with Crippen molar-refractivity contribution in [2.75, 3.05) is 33.8 Å². The Kier molecular flexibility index (Phi) is 4.20. The van der Waals surface area contributed by atoms with E-state index in [0.717, 1.165) is 31.6 Å². The normalized spacial score (nSPS) is 27.9. The van der Waals surface area contributed by atoms with Crippen LogP contribution in [0.1, 0.15) is 19.3 Å². The number of likely N-dealkylation sites (tertiary alicyclic amines) is 1. The highest BCUT2D eigenvalue weighted by molar-refractivity contribution is 5.74. The van der Waals surface area contributed by atoms with E-state index in [2.05, 4.69) is 4.98 Å². The zero-order chi connectivity index (χ0) is 15.6. The molecule has 6 nitrogen and oxygen atoms in total. The molecule has 2 aliphatic heterocycles. The maximum Gasteiger partial charge on any atom is 0.319 e. The van der Waals surface area contributed by atoms with E-state index in [1.165, 1.54) is 0 Å². The van der Waals surface area contributed by atoms with Crippen molar-refractivity contribution in [3.63, 3.8) is 0 Å². The average Bonchev–Trinajstić information content (AvgIpc) is 2.89. The van der Waals surface area contributed by atoms with Crippen LogP contribution in [0.3, 0.4) is 0 Å². The number of carbonyl (C=O) groups excluding carboxylic acids is 1. The van der Waals surface area contributed by atoms with E-state index >= 15 is 0 Å². The van der Waals surface area contributed by atoms with Crippen LogP contribution in [-0.2, 0) is 4.74 Å². The first-order valence-corrected chi connectivity index (χ1v) is 7.75. The third-order valence-electron chi connectivity index (χ3n) is 4.30. The van der Waals surface area contributed by atoms with Crippen LogP contribution < -0.4 is 4.74 Å². The van der Waals surface area contributed by atoms with E-state index in [1.54, 1.807) is 31.4 Å². The lowest BCUT2D eigenvalue weighted by Crippen LogP contribution is -2.52. The van der Waals surface area contributed by atoms with Crippen LogP contribution >= 0.6 is 0 Å². The first-order valence-electron chi connectivity index (χ1n) is 7.75. The van der Waals surface area contributed by atoms with Gasteiger partial charge in [0.25, 0.3) is 0 Å². The molecule has 1 spiro atoms. The first-order chi connectivity index (χ1) is 10.6. The lowest BCUT2D eigenvalue weighted by molar-refractivity contribution is -0.0437. The fourth-order valence-electron chi connectivity index (χ4n) is 3.32. The predicted octanol–water partition coefficient (Wildman–Crippen LogP) is 1.77. The van der Waals surface area contributed by atoms with Gasteiger partial charge in [-0.25, -0.2) is 4.79 Å². The number of piperidine rings is 1. The minimum absolute atomic E-state index is 0.0265. The van der Waals surface area contributed by atoms with E-state index in [9.17, 15) is 4.79 Å². The Bertz CT molecular complexity index is 523. The molecule has 120 valence electrons. The van der Waals surface area contributed by atoms with Gasteiger partial charge in [-0.05, 0) is 25.0 Å². The van der Waals surface area contributed by atoms with Crippen LogP contribution in [0.4, 0.5) is 4.79 Å². The average molecular weight is 305 g/mol. The molecule has 0 N–H and O–H groups in total. The molecule has 2 aliphatic rings. The molecule has 0 aliphatic carbocycles. The largest absolute Gasteiger partial charge is 0.486 e. The molecule has 0 aromatic carbocycles. The van der Waals surface area contributed by atoms with Crippen molar-refractivity contribution in [3.05, 3.63) is 24.5 Å². The van der Waals surface area contributed by atoms with Crippen LogP contribution in [0.5, 0.6) is 5.75 Å². The zero-order valence-electron chi connectivity index (χ0n) is 13.2. The number of pyridine rings is 1. The Labute approximate surface area is 131 Å². The number of carbonyl (C=O) groups is 1. The van der Waals surface area contributed by atoms with Crippen molar-refractivity contribution in [3.8, 4) is 5.75 Å². The summed E-state index contributed by atoms with van der Waals surface area (Å²) in [5.41, 5.74) is -0.253. The second-order valence-electron chi connectivity index (χ2n) is 6.33. The van der Waals surface area contributed by atoms with Gasteiger partial charge in [-0.15, -0.1) is 0 Å². The molecular formula is C16H23N3O3. The van der Waals surface area contributed by atoms with Gasteiger partial charge >= 0.3 is 6.03 Å². The molecule has 2 fully saturated rings. The van der Waals surface area contributed by atoms with Gasteiger partial charge in [-0.3, -0.25) is 4.98 Å². The van der Waals surface area contributed by atoms with Crippen LogP contribution in [-0.4, -0.2) is 66.3 Å². The van der Waals surface area contributed by atoms with Crippen LogP contribution in [0.15, 0.2) is 24.5 Å². The topological polar surface area (TPSA) is 54.9 Å². The minimum Gasteiger partial charge on any atom is -0.486 e. The van der Waals surface area contributed by atoms with E-state index in [1.807, 2.05) is 17.0 Å². The molecule has 2 amide bonds. The third-order valence-corrected chi connectivity index (χ3v) is 4.30. The molecule has 0 unspecified atom stereocenters. The van der Waals surface area contributed by atoms with E-state index in [-0.39, 0.29) is 17.7 Å². The number of ether oxygens (including phenoxy) is 2. The van der Waals surface area contributed by atoms with Gasteiger partial charge in [0, 0.05) is 33.3 Å².